The summed E-state index contributed by atoms with van der Waals surface area (Å²) in [5.41, 5.74) is 0.131. The average Bonchev–Trinajstić information content (AvgIpc) is 2.16. The van der Waals surface area contributed by atoms with Gasteiger partial charge in [0.25, 0.3) is 0 Å². The van der Waals surface area contributed by atoms with Gasteiger partial charge in [-0.3, -0.25) is 4.79 Å². The van der Waals surface area contributed by atoms with Gasteiger partial charge in [0.05, 0.1) is 6.10 Å². The van der Waals surface area contributed by atoms with E-state index in [9.17, 15) is 9.90 Å². The molecule has 0 aliphatic heterocycles. The molecule has 2 fully saturated rings. The Bertz CT molecular complexity index is 254. The van der Waals surface area contributed by atoms with Crippen molar-refractivity contribution in [1.82, 2.24) is 0 Å². The summed E-state index contributed by atoms with van der Waals surface area (Å²) in [6.07, 6.45) is 3.97. The maximum Gasteiger partial charge on any atom is 0.133 e. The molecular weight excluding hydrogens is 244 g/mol. The van der Waals surface area contributed by atoms with Crippen LogP contribution in [0.2, 0.25) is 0 Å². The van der Waals surface area contributed by atoms with E-state index < -0.39 is 0 Å². The Morgan fingerprint density at radius 3 is 2.93 bits per heavy atom. The van der Waals surface area contributed by atoms with Crippen LogP contribution in [0.15, 0.2) is 0 Å². The maximum absolute atomic E-state index is 11.4. The minimum absolute atomic E-state index is 0.131. The van der Waals surface area contributed by atoms with Crippen molar-refractivity contribution in [1.29, 1.82) is 0 Å². The maximum atomic E-state index is 11.4. The van der Waals surface area contributed by atoms with Gasteiger partial charge in [-0.05, 0) is 30.6 Å². The van der Waals surface area contributed by atoms with E-state index in [1.54, 1.807) is 0 Å². The molecular formula is C11H17BrO2. The normalized spacial score (nSPS) is 48.8. The minimum atomic E-state index is -0.232. The van der Waals surface area contributed by atoms with E-state index in [1.165, 1.54) is 0 Å². The van der Waals surface area contributed by atoms with Gasteiger partial charge in [0.2, 0.25) is 0 Å². The fourth-order valence-electron chi connectivity index (χ4n) is 2.98. The topological polar surface area (TPSA) is 37.3 Å². The summed E-state index contributed by atoms with van der Waals surface area (Å²) in [4.78, 5) is 11.5. The molecule has 0 heterocycles. The van der Waals surface area contributed by atoms with Gasteiger partial charge in [0, 0.05) is 17.7 Å². The van der Waals surface area contributed by atoms with E-state index in [2.05, 4.69) is 22.9 Å². The number of hydrogen-bond donors (Lipinski definition) is 1. The van der Waals surface area contributed by atoms with Gasteiger partial charge < -0.3 is 5.11 Å². The smallest absolute Gasteiger partial charge is 0.133 e. The number of aliphatic hydroxyl groups is 1. The summed E-state index contributed by atoms with van der Waals surface area (Å²) in [7, 11) is 0. The third-order valence-electron chi connectivity index (χ3n) is 4.13. The van der Waals surface area contributed by atoms with Gasteiger partial charge in [-0.1, -0.05) is 22.9 Å². The lowest BCUT2D eigenvalue weighted by molar-refractivity contribution is -0.127. The van der Waals surface area contributed by atoms with E-state index in [1.807, 2.05) is 0 Å². The number of carbonyl (C=O) groups is 1. The van der Waals surface area contributed by atoms with Crippen LogP contribution < -0.4 is 0 Å². The summed E-state index contributed by atoms with van der Waals surface area (Å²) in [5.74, 6) is 0.889. The van der Waals surface area contributed by atoms with E-state index >= 15 is 0 Å². The van der Waals surface area contributed by atoms with Crippen molar-refractivity contribution in [3.05, 3.63) is 0 Å². The molecule has 0 amide bonds. The Hall–Kier alpha value is 0.110. The van der Waals surface area contributed by atoms with Crippen molar-refractivity contribution in [2.45, 2.75) is 50.0 Å². The van der Waals surface area contributed by atoms with Crippen molar-refractivity contribution in [3.8, 4) is 0 Å². The molecule has 0 aromatic carbocycles. The number of fused-ring (bicyclic) bond motifs is 1. The molecule has 0 radical (unpaired) electrons. The van der Waals surface area contributed by atoms with Crippen LogP contribution in [0.3, 0.4) is 0 Å². The predicted octanol–water partition coefficient (Wildman–Crippen LogP) is 2.28. The van der Waals surface area contributed by atoms with Crippen LogP contribution in [0.1, 0.15) is 39.0 Å². The Morgan fingerprint density at radius 1 is 1.50 bits per heavy atom. The molecule has 0 saturated heterocycles. The SMILES string of the molecule is C[C@]12CCC(=O)C[C@H]1CCC(O)[C@@H]2Br. The molecule has 0 spiro atoms. The molecule has 2 aliphatic rings. The number of Topliss-reactive ketones (excluding diaryl/α,β-unsaturated/α-hetero) is 1. The van der Waals surface area contributed by atoms with Crippen LogP contribution in [0.25, 0.3) is 0 Å². The van der Waals surface area contributed by atoms with Crippen LogP contribution in [-0.4, -0.2) is 21.8 Å². The first kappa shape index (κ1) is 10.6. The first-order chi connectivity index (χ1) is 6.54. The molecule has 1 N–H and O–H groups in total. The molecule has 2 aliphatic carbocycles. The van der Waals surface area contributed by atoms with Gasteiger partial charge in [-0.25, -0.2) is 0 Å². The minimum Gasteiger partial charge on any atom is -0.392 e. The van der Waals surface area contributed by atoms with Crippen LogP contribution in [-0.2, 0) is 4.79 Å². The van der Waals surface area contributed by atoms with Gasteiger partial charge in [0.15, 0.2) is 0 Å². The highest BCUT2D eigenvalue weighted by atomic mass is 79.9. The summed E-state index contributed by atoms with van der Waals surface area (Å²) in [6.45, 7) is 2.21. The molecule has 0 bridgehead atoms. The fraction of sp³-hybridized carbons (Fsp3) is 0.909. The molecule has 0 aromatic rings. The van der Waals surface area contributed by atoms with Crippen LogP contribution in [0.4, 0.5) is 0 Å². The number of alkyl halides is 1. The average molecular weight is 261 g/mol. The molecule has 2 rings (SSSR count). The van der Waals surface area contributed by atoms with E-state index in [-0.39, 0.29) is 16.3 Å². The second kappa shape index (κ2) is 3.60. The first-order valence-electron chi connectivity index (χ1n) is 5.38. The van der Waals surface area contributed by atoms with Crippen molar-refractivity contribution in [3.63, 3.8) is 0 Å². The van der Waals surface area contributed by atoms with E-state index in [4.69, 9.17) is 0 Å². The number of aliphatic hydroxyl groups excluding tert-OH is 1. The van der Waals surface area contributed by atoms with Gasteiger partial charge in [-0.15, -0.1) is 0 Å². The Balaban J connectivity index is 2.20. The van der Waals surface area contributed by atoms with Crippen molar-refractivity contribution >= 4 is 21.7 Å². The molecule has 0 aromatic heterocycles. The van der Waals surface area contributed by atoms with Crippen molar-refractivity contribution in [2.24, 2.45) is 11.3 Å². The standard InChI is InChI=1S/C11H17BrO2/c1-11-5-4-8(13)6-7(11)2-3-9(14)10(11)12/h7,9-10,14H,2-6H2,1H3/t7-,9?,10+,11+/m1/s1. The number of halogens is 1. The first-order valence-corrected chi connectivity index (χ1v) is 6.29. The summed E-state index contributed by atoms with van der Waals surface area (Å²) in [5, 5.41) is 9.82. The summed E-state index contributed by atoms with van der Waals surface area (Å²) >= 11 is 3.61. The Morgan fingerprint density at radius 2 is 2.21 bits per heavy atom. The molecule has 4 atom stereocenters. The number of carbonyl (C=O) groups excluding carboxylic acids is 1. The van der Waals surface area contributed by atoms with Gasteiger partial charge in [-0.2, -0.15) is 0 Å². The Kier molecular flexibility index (Phi) is 2.73. The third-order valence-corrected chi connectivity index (χ3v) is 5.78. The highest BCUT2D eigenvalue weighted by molar-refractivity contribution is 9.09. The lowest BCUT2D eigenvalue weighted by Gasteiger charge is -2.49. The lowest BCUT2D eigenvalue weighted by Crippen LogP contribution is -2.49. The second-order valence-electron chi connectivity index (χ2n) is 4.99. The highest BCUT2D eigenvalue weighted by Crippen LogP contribution is 2.51. The molecule has 80 valence electrons. The zero-order valence-corrected chi connectivity index (χ0v) is 10.1. The monoisotopic (exact) mass is 260 g/mol. The van der Waals surface area contributed by atoms with Gasteiger partial charge in [0.1, 0.15) is 5.78 Å². The third kappa shape index (κ3) is 1.54. The molecule has 14 heavy (non-hydrogen) atoms. The number of rotatable bonds is 0. The zero-order chi connectivity index (χ0) is 10.3. The second-order valence-corrected chi connectivity index (χ2v) is 5.98. The van der Waals surface area contributed by atoms with Gasteiger partial charge >= 0.3 is 0 Å². The van der Waals surface area contributed by atoms with Crippen LogP contribution in [0, 0.1) is 11.3 Å². The van der Waals surface area contributed by atoms with Crippen molar-refractivity contribution in [2.75, 3.05) is 0 Å². The summed E-state index contributed by atoms with van der Waals surface area (Å²) < 4.78 is 0. The highest BCUT2D eigenvalue weighted by Gasteiger charge is 2.49. The van der Waals surface area contributed by atoms with Crippen LogP contribution >= 0.6 is 15.9 Å². The quantitative estimate of drug-likeness (QED) is 0.679. The lowest BCUT2D eigenvalue weighted by atomic mass is 9.59. The zero-order valence-electron chi connectivity index (χ0n) is 8.50. The molecule has 1 unspecified atom stereocenters. The largest absolute Gasteiger partial charge is 0.392 e. The number of hydrogen-bond acceptors (Lipinski definition) is 2. The van der Waals surface area contributed by atoms with E-state index in [0.717, 1.165) is 25.7 Å². The summed E-state index contributed by atoms with van der Waals surface area (Å²) in [6, 6.07) is 0. The fourth-order valence-corrected chi connectivity index (χ4v) is 3.84. The Labute approximate surface area is 93.2 Å². The number of ketones is 1. The molecule has 2 nitrogen and oxygen atoms in total. The van der Waals surface area contributed by atoms with E-state index in [0.29, 0.717) is 18.1 Å². The molecule has 2 saturated carbocycles. The predicted molar refractivity (Wildman–Crippen MR) is 58.4 cm³/mol. The molecule has 3 heteroatoms. The van der Waals surface area contributed by atoms with Crippen LogP contribution in [0.5, 0.6) is 0 Å². The van der Waals surface area contributed by atoms with Crippen molar-refractivity contribution < 1.29 is 9.90 Å².